The molecule has 0 aromatic heterocycles. The molecule has 1 aromatic rings. The number of nitrogens with two attached hydrogens (primary N) is 1. The number of nitrogen functional groups attached to an aromatic ring is 1. The summed E-state index contributed by atoms with van der Waals surface area (Å²) in [7, 11) is 0. The van der Waals surface area contributed by atoms with Gasteiger partial charge in [0.2, 0.25) is 0 Å². The van der Waals surface area contributed by atoms with Crippen molar-refractivity contribution in [2.24, 2.45) is 0 Å². The molecule has 0 spiro atoms. The van der Waals surface area contributed by atoms with Crippen molar-refractivity contribution in [1.82, 2.24) is 0 Å². The molecule has 0 aliphatic heterocycles. The van der Waals surface area contributed by atoms with Crippen LogP contribution in [-0.2, 0) is 6.18 Å². The summed E-state index contributed by atoms with van der Waals surface area (Å²) in [4.78, 5) is 0. The first kappa shape index (κ1) is 12.8. The van der Waals surface area contributed by atoms with Gasteiger partial charge in [0.05, 0.1) is 11.3 Å². The van der Waals surface area contributed by atoms with Crippen molar-refractivity contribution in [3.63, 3.8) is 0 Å². The van der Waals surface area contributed by atoms with E-state index in [1.54, 1.807) is 0 Å². The number of halogens is 5. The van der Waals surface area contributed by atoms with Crippen molar-refractivity contribution in [3.05, 3.63) is 35.2 Å². The molecule has 0 atom stereocenters. The Morgan fingerprint density at radius 2 is 1.94 bits per heavy atom. The first-order valence-corrected chi connectivity index (χ1v) is 4.78. The molecule has 1 aromatic carbocycles. The average Bonchev–Trinajstić information content (AvgIpc) is 2.17. The van der Waals surface area contributed by atoms with Gasteiger partial charge in [-0.05, 0) is 17.7 Å². The highest BCUT2D eigenvalue weighted by atomic mass is 35.5. The molecular weight excluding hydrogens is 246 g/mol. The van der Waals surface area contributed by atoms with Crippen LogP contribution in [0.4, 0.5) is 23.2 Å². The second-order valence-electron chi connectivity index (χ2n) is 3.02. The lowest BCUT2D eigenvalue weighted by atomic mass is 10.1. The molecule has 6 heteroatoms. The standard InChI is InChI=1S/C10H8ClF4N/c11-3-1-2-6-4-8(12)9(16)5-7(6)10(13,14)15/h1-2,4-5H,3,16H2. The van der Waals surface area contributed by atoms with E-state index in [-0.39, 0.29) is 11.4 Å². The summed E-state index contributed by atoms with van der Waals surface area (Å²) in [5, 5.41) is 0. The van der Waals surface area contributed by atoms with Gasteiger partial charge < -0.3 is 5.73 Å². The molecule has 16 heavy (non-hydrogen) atoms. The highest BCUT2D eigenvalue weighted by molar-refractivity contribution is 6.19. The van der Waals surface area contributed by atoms with Gasteiger partial charge in [0, 0.05) is 5.88 Å². The molecule has 0 aliphatic rings. The normalized spacial score (nSPS) is 12.3. The van der Waals surface area contributed by atoms with Crippen LogP contribution in [0.5, 0.6) is 0 Å². The van der Waals surface area contributed by atoms with E-state index in [1.807, 2.05) is 0 Å². The highest BCUT2D eigenvalue weighted by Gasteiger charge is 2.33. The van der Waals surface area contributed by atoms with Crippen molar-refractivity contribution in [3.8, 4) is 0 Å². The van der Waals surface area contributed by atoms with Gasteiger partial charge in [-0.15, -0.1) is 11.6 Å². The van der Waals surface area contributed by atoms with Crippen molar-refractivity contribution < 1.29 is 17.6 Å². The summed E-state index contributed by atoms with van der Waals surface area (Å²) in [5.74, 6) is -0.842. The van der Waals surface area contributed by atoms with Crippen LogP contribution in [0.15, 0.2) is 18.2 Å². The molecule has 0 saturated carbocycles. The lowest BCUT2D eigenvalue weighted by Gasteiger charge is -2.11. The Hall–Kier alpha value is -1.23. The topological polar surface area (TPSA) is 26.0 Å². The Balaban J connectivity index is 3.33. The third-order valence-electron chi connectivity index (χ3n) is 1.86. The van der Waals surface area contributed by atoms with Crippen molar-refractivity contribution in [2.75, 3.05) is 11.6 Å². The van der Waals surface area contributed by atoms with E-state index in [2.05, 4.69) is 0 Å². The van der Waals surface area contributed by atoms with Crippen LogP contribution in [0.3, 0.4) is 0 Å². The Morgan fingerprint density at radius 3 is 2.44 bits per heavy atom. The zero-order valence-corrected chi connectivity index (χ0v) is 8.74. The molecule has 0 fully saturated rings. The maximum absolute atomic E-state index is 13.0. The van der Waals surface area contributed by atoms with Crippen LogP contribution in [0.2, 0.25) is 0 Å². The summed E-state index contributed by atoms with van der Waals surface area (Å²) < 4.78 is 50.6. The van der Waals surface area contributed by atoms with Crippen molar-refractivity contribution in [2.45, 2.75) is 6.18 Å². The Bertz CT molecular complexity index is 412. The number of alkyl halides is 4. The van der Waals surface area contributed by atoms with E-state index in [1.165, 1.54) is 6.08 Å². The van der Waals surface area contributed by atoms with Crippen LogP contribution in [0, 0.1) is 5.82 Å². The molecule has 0 amide bonds. The molecule has 0 bridgehead atoms. The first-order valence-electron chi connectivity index (χ1n) is 4.25. The largest absolute Gasteiger partial charge is 0.417 e. The molecule has 1 nitrogen and oxygen atoms in total. The quantitative estimate of drug-likeness (QED) is 0.486. The maximum atomic E-state index is 13.0. The lowest BCUT2D eigenvalue weighted by molar-refractivity contribution is -0.137. The van der Waals surface area contributed by atoms with Crippen LogP contribution in [0.25, 0.3) is 6.08 Å². The molecule has 2 N–H and O–H groups in total. The van der Waals surface area contributed by atoms with E-state index in [9.17, 15) is 17.6 Å². The molecule has 0 aliphatic carbocycles. The molecular formula is C10H8ClF4N. The third-order valence-corrected chi connectivity index (χ3v) is 2.04. The van der Waals surface area contributed by atoms with E-state index in [0.717, 1.165) is 12.1 Å². The monoisotopic (exact) mass is 253 g/mol. The lowest BCUT2D eigenvalue weighted by Crippen LogP contribution is -2.09. The molecule has 88 valence electrons. The zero-order chi connectivity index (χ0) is 12.3. The van der Waals surface area contributed by atoms with Crippen molar-refractivity contribution in [1.29, 1.82) is 0 Å². The fourth-order valence-corrected chi connectivity index (χ4v) is 1.25. The van der Waals surface area contributed by atoms with Gasteiger partial charge in [0.1, 0.15) is 5.82 Å². The Kier molecular flexibility index (Phi) is 3.80. The number of anilines is 1. The second kappa shape index (κ2) is 4.74. The van der Waals surface area contributed by atoms with Gasteiger partial charge in [-0.3, -0.25) is 0 Å². The fraction of sp³-hybridized carbons (Fsp3) is 0.200. The van der Waals surface area contributed by atoms with Gasteiger partial charge in [0.15, 0.2) is 0 Å². The number of hydrogen-bond donors (Lipinski definition) is 1. The number of rotatable bonds is 2. The molecule has 0 radical (unpaired) electrons. The smallest absolute Gasteiger partial charge is 0.396 e. The van der Waals surface area contributed by atoms with E-state index in [0.29, 0.717) is 6.07 Å². The van der Waals surface area contributed by atoms with Gasteiger partial charge in [0.25, 0.3) is 0 Å². The van der Waals surface area contributed by atoms with Gasteiger partial charge in [-0.25, -0.2) is 4.39 Å². The summed E-state index contributed by atoms with van der Waals surface area (Å²) in [6.45, 7) is 0. The SMILES string of the molecule is Nc1cc(C(F)(F)F)c(C=CCCl)cc1F. The predicted octanol–water partition coefficient (Wildman–Crippen LogP) is 3.68. The summed E-state index contributed by atoms with van der Waals surface area (Å²) in [6, 6.07) is 1.31. The minimum Gasteiger partial charge on any atom is -0.396 e. The van der Waals surface area contributed by atoms with E-state index < -0.39 is 23.2 Å². The van der Waals surface area contributed by atoms with Gasteiger partial charge >= 0.3 is 6.18 Å². The number of hydrogen-bond acceptors (Lipinski definition) is 1. The van der Waals surface area contributed by atoms with Crippen LogP contribution >= 0.6 is 11.6 Å². The second-order valence-corrected chi connectivity index (χ2v) is 3.32. The molecule has 0 saturated heterocycles. The average molecular weight is 254 g/mol. The van der Waals surface area contributed by atoms with Gasteiger partial charge in [-0.2, -0.15) is 13.2 Å². The number of allylic oxidation sites excluding steroid dienone is 1. The molecule has 0 unspecified atom stereocenters. The maximum Gasteiger partial charge on any atom is 0.417 e. The number of benzene rings is 1. The zero-order valence-electron chi connectivity index (χ0n) is 7.98. The Morgan fingerprint density at radius 1 is 1.31 bits per heavy atom. The van der Waals surface area contributed by atoms with E-state index >= 15 is 0 Å². The predicted molar refractivity (Wildman–Crippen MR) is 55.6 cm³/mol. The molecule has 1 rings (SSSR count). The summed E-state index contributed by atoms with van der Waals surface area (Å²) in [5.41, 5.74) is 3.29. The minimum atomic E-state index is -4.58. The summed E-state index contributed by atoms with van der Waals surface area (Å²) >= 11 is 5.30. The van der Waals surface area contributed by atoms with E-state index in [4.69, 9.17) is 17.3 Å². The Labute approximate surface area is 94.5 Å². The minimum absolute atomic E-state index is 0.0449. The fourth-order valence-electron chi connectivity index (χ4n) is 1.16. The van der Waals surface area contributed by atoms with Crippen LogP contribution in [0.1, 0.15) is 11.1 Å². The molecule has 0 heterocycles. The van der Waals surface area contributed by atoms with Gasteiger partial charge in [-0.1, -0.05) is 12.2 Å². The third kappa shape index (κ3) is 2.88. The highest BCUT2D eigenvalue weighted by Crippen LogP contribution is 2.34. The first-order chi connectivity index (χ1) is 7.36. The van der Waals surface area contributed by atoms with Crippen LogP contribution in [-0.4, -0.2) is 5.88 Å². The van der Waals surface area contributed by atoms with Crippen LogP contribution < -0.4 is 5.73 Å². The summed E-state index contributed by atoms with van der Waals surface area (Å²) in [6.07, 6.45) is -2.17. The van der Waals surface area contributed by atoms with Crippen molar-refractivity contribution >= 4 is 23.4 Å².